The largest absolute Gasteiger partial charge is 0.497 e. The number of benzene rings is 1. The van der Waals surface area contributed by atoms with Crippen molar-refractivity contribution in [3.05, 3.63) is 76.3 Å². The van der Waals surface area contributed by atoms with E-state index in [1.165, 1.54) is 0 Å². The Balaban J connectivity index is 1.45. The van der Waals surface area contributed by atoms with Crippen LogP contribution in [0.25, 0.3) is 0 Å². The molecule has 164 valence electrons. The molecule has 2 N–H and O–H groups in total. The molecule has 0 aliphatic carbocycles. The first-order valence-electron chi connectivity index (χ1n) is 10.8. The predicted octanol–water partition coefficient (Wildman–Crippen LogP) is 3.87. The van der Waals surface area contributed by atoms with Gasteiger partial charge in [0.25, 0.3) is 5.56 Å². The maximum atomic E-state index is 12.4. The van der Waals surface area contributed by atoms with Gasteiger partial charge < -0.3 is 15.0 Å². The van der Waals surface area contributed by atoms with Crippen LogP contribution in [0.3, 0.4) is 0 Å². The van der Waals surface area contributed by atoms with Crippen LogP contribution >= 0.6 is 0 Å². The summed E-state index contributed by atoms with van der Waals surface area (Å²) in [6.45, 7) is 4.88. The maximum Gasteiger partial charge on any atom is 0.255 e. The third-order valence-electron chi connectivity index (χ3n) is 5.04. The van der Waals surface area contributed by atoms with Crippen LogP contribution in [0.5, 0.6) is 5.75 Å². The fourth-order valence-electron chi connectivity index (χ4n) is 3.39. The molecule has 7 nitrogen and oxygen atoms in total. The van der Waals surface area contributed by atoms with E-state index in [9.17, 15) is 4.79 Å². The van der Waals surface area contributed by atoms with Crippen LogP contribution in [0, 0.1) is 0 Å². The number of hydrogen-bond acceptors (Lipinski definition) is 6. The standard InChI is InChI=1S/C24H31N5O2/c1-3-15-29(22-8-4-5-13-25-22)16-7-6-14-26-24-27-18-20(23(30)28-24)17-19-9-11-21(31-2)12-10-19/h4-5,8-13,18H,3,6-7,14-17H2,1-2H3,(H2,26,27,28,30). The number of nitrogens with one attached hydrogen (secondary N) is 2. The topological polar surface area (TPSA) is 83.1 Å². The SMILES string of the molecule is CCCN(CCCCNc1ncc(Cc2ccc(OC)cc2)c(=O)[nH]1)c1ccccn1. The highest BCUT2D eigenvalue weighted by molar-refractivity contribution is 5.37. The van der Waals surface area contributed by atoms with Crippen molar-refractivity contribution in [3.63, 3.8) is 0 Å². The van der Waals surface area contributed by atoms with Crippen molar-refractivity contribution in [2.24, 2.45) is 0 Å². The summed E-state index contributed by atoms with van der Waals surface area (Å²) in [6.07, 6.45) is 7.11. The molecular formula is C24H31N5O2. The molecule has 0 aliphatic rings. The fourth-order valence-corrected chi connectivity index (χ4v) is 3.39. The predicted molar refractivity (Wildman–Crippen MR) is 125 cm³/mol. The van der Waals surface area contributed by atoms with E-state index < -0.39 is 0 Å². The van der Waals surface area contributed by atoms with Crippen molar-refractivity contribution in [2.75, 3.05) is 37.0 Å². The number of hydrogen-bond donors (Lipinski definition) is 2. The van der Waals surface area contributed by atoms with Gasteiger partial charge in [0.05, 0.1) is 7.11 Å². The van der Waals surface area contributed by atoms with Crippen LogP contribution in [0.4, 0.5) is 11.8 Å². The number of aromatic amines is 1. The minimum atomic E-state index is -0.113. The van der Waals surface area contributed by atoms with Crippen molar-refractivity contribution in [2.45, 2.75) is 32.6 Å². The molecule has 0 unspecified atom stereocenters. The van der Waals surface area contributed by atoms with Crippen LogP contribution in [-0.4, -0.2) is 41.7 Å². The van der Waals surface area contributed by atoms with Gasteiger partial charge in [0.15, 0.2) is 0 Å². The molecule has 0 spiro atoms. The van der Waals surface area contributed by atoms with Crippen LogP contribution < -0.4 is 20.5 Å². The number of aromatic nitrogens is 3. The summed E-state index contributed by atoms with van der Waals surface area (Å²) in [5.41, 5.74) is 1.57. The summed E-state index contributed by atoms with van der Waals surface area (Å²) in [6, 6.07) is 13.7. The van der Waals surface area contributed by atoms with Gasteiger partial charge in [-0.15, -0.1) is 0 Å². The molecular weight excluding hydrogens is 390 g/mol. The van der Waals surface area contributed by atoms with Crippen molar-refractivity contribution in [1.82, 2.24) is 15.0 Å². The minimum Gasteiger partial charge on any atom is -0.497 e. The van der Waals surface area contributed by atoms with Gasteiger partial charge in [0.2, 0.25) is 5.95 Å². The first kappa shape index (κ1) is 22.3. The first-order valence-corrected chi connectivity index (χ1v) is 10.8. The number of pyridine rings is 1. The van der Waals surface area contributed by atoms with E-state index in [1.807, 2.05) is 42.6 Å². The monoisotopic (exact) mass is 421 g/mol. The van der Waals surface area contributed by atoms with Crippen LogP contribution in [0.2, 0.25) is 0 Å². The summed E-state index contributed by atoms with van der Waals surface area (Å²) in [5.74, 6) is 2.34. The van der Waals surface area contributed by atoms with E-state index in [-0.39, 0.29) is 5.56 Å². The van der Waals surface area contributed by atoms with Crippen molar-refractivity contribution < 1.29 is 4.74 Å². The summed E-state index contributed by atoms with van der Waals surface area (Å²) in [4.78, 5) is 26.4. The highest BCUT2D eigenvalue weighted by atomic mass is 16.5. The molecule has 3 aromatic rings. The zero-order valence-electron chi connectivity index (χ0n) is 18.3. The van der Waals surface area contributed by atoms with Gasteiger partial charge >= 0.3 is 0 Å². The second kappa shape index (κ2) is 11.7. The van der Waals surface area contributed by atoms with Gasteiger partial charge in [-0.2, -0.15) is 0 Å². The number of methoxy groups -OCH3 is 1. The Labute approximate surface area is 183 Å². The Hall–Kier alpha value is -3.35. The molecule has 0 saturated carbocycles. The summed E-state index contributed by atoms with van der Waals surface area (Å²) >= 11 is 0. The summed E-state index contributed by atoms with van der Waals surface area (Å²) in [7, 11) is 1.64. The zero-order chi connectivity index (χ0) is 21.9. The average molecular weight is 422 g/mol. The number of ether oxygens (including phenoxy) is 1. The van der Waals surface area contributed by atoms with Gasteiger partial charge in [-0.3, -0.25) is 9.78 Å². The van der Waals surface area contributed by atoms with E-state index in [0.29, 0.717) is 17.9 Å². The number of nitrogens with zero attached hydrogens (tertiary/aromatic N) is 3. The lowest BCUT2D eigenvalue weighted by Crippen LogP contribution is -2.26. The fraction of sp³-hybridized carbons (Fsp3) is 0.375. The molecule has 0 saturated heterocycles. The van der Waals surface area contributed by atoms with Crippen molar-refractivity contribution in [3.8, 4) is 5.75 Å². The number of rotatable bonds is 12. The normalized spacial score (nSPS) is 10.6. The minimum absolute atomic E-state index is 0.113. The molecule has 3 rings (SSSR count). The summed E-state index contributed by atoms with van der Waals surface area (Å²) in [5, 5.41) is 3.22. The molecule has 0 aliphatic heterocycles. The van der Waals surface area contributed by atoms with E-state index in [0.717, 1.165) is 56.0 Å². The third kappa shape index (κ3) is 6.84. The number of H-pyrrole nitrogens is 1. The van der Waals surface area contributed by atoms with Gasteiger partial charge in [0.1, 0.15) is 11.6 Å². The highest BCUT2D eigenvalue weighted by Crippen LogP contribution is 2.14. The lowest BCUT2D eigenvalue weighted by Gasteiger charge is -2.23. The number of unbranched alkanes of at least 4 members (excludes halogenated alkanes) is 1. The summed E-state index contributed by atoms with van der Waals surface area (Å²) < 4.78 is 5.17. The molecule has 0 fully saturated rings. The Morgan fingerprint density at radius 3 is 2.58 bits per heavy atom. The van der Waals surface area contributed by atoms with Crippen LogP contribution in [0.15, 0.2) is 59.7 Å². The quantitative estimate of drug-likeness (QED) is 0.432. The maximum absolute atomic E-state index is 12.4. The van der Waals surface area contributed by atoms with E-state index in [1.54, 1.807) is 13.3 Å². The van der Waals surface area contributed by atoms with E-state index in [2.05, 4.69) is 38.2 Å². The molecule has 1 aromatic carbocycles. The molecule has 0 radical (unpaired) electrons. The van der Waals surface area contributed by atoms with Gasteiger partial charge in [-0.05, 0) is 49.1 Å². The third-order valence-corrected chi connectivity index (χ3v) is 5.04. The van der Waals surface area contributed by atoms with Crippen molar-refractivity contribution in [1.29, 1.82) is 0 Å². The average Bonchev–Trinajstić information content (AvgIpc) is 2.81. The Bertz CT molecular complexity index is 973. The van der Waals surface area contributed by atoms with Gasteiger partial charge in [-0.25, -0.2) is 9.97 Å². The van der Waals surface area contributed by atoms with Crippen LogP contribution in [0.1, 0.15) is 37.3 Å². The second-order valence-electron chi connectivity index (χ2n) is 7.42. The Kier molecular flexibility index (Phi) is 8.46. The molecule has 2 aromatic heterocycles. The molecule has 2 heterocycles. The molecule has 0 amide bonds. The first-order chi connectivity index (χ1) is 15.2. The van der Waals surface area contributed by atoms with Gasteiger partial charge in [0, 0.05) is 44.0 Å². The lowest BCUT2D eigenvalue weighted by atomic mass is 10.1. The van der Waals surface area contributed by atoms with Crippen LogP contribution in [-0.2, 0) is 6.42 Å². The zero-order valence-corrected chi connectivity index (χ0v) is 18.3. The smallest absolute Gasteiger partial charge is 0.255 e. The van der Waals surface area contributed by atoms with E-state index >= 15 is 0 Å². The Morgan fingerprint density at radius 2 is 1.90 bits per heavy atom. The highest BCUT2D eigenvalue weighted by Gasteiger charge is 2.07. The van der Waals surface area contributed by atoms with E-state index in [4.69, 9.17) is 4.74 Å². The number of anilines is 2. The second-order valence-corrected chi connectivity index (χ2v) is 7.42. The molecule has 0 atom stereocenters. The molecule has 7 heteroatoms. The molecule has 31 heavy (non-hydrogen) atoms. The Morgan fingerprint density at radius 1 is 1.06 bits per heavy atom. The van der Waals surface area contributed by atoms with Crippen molar-refractivity contribution >= 4 is 11.8 Å². The van der Waals surface area contributed by atoms with Gasteiger partial charge in [-0.1, -0.05) is 25.1 Å². The lowest BCUT2D eigenvalue weighted by molar-refractivity contribution is 0.414. The molecule has 0 bridgehead atoms.